The molecular formula is C12H13N3O3. The molecule has 0 radical (unpaired) electrons. The van der Waals surface area contributed by atoms with Gasteiger partial charge >= 0.3 is 5.91 Å². The predicted molar refractivity (Wildman–Crippen MR) is 62.7 cm³/mol. The highest BCUT2D eigenvalue weighted by Crippen LogP contribution is 2.09. The van der Waals surface area contributed by atoms with Crippen molar-refractivity contribution in [2.45, 2.75) is 0 Å². The zero-order chi connectivity index (χ0) is 13.0. The molecule has 0 aromatic carbocycles. The van der Waals surface area contributed by atoms with Crippen molar-refractivity contribution in [3.8, 4) is 0 Å². The van der Waals surface area contributed by atoms with Crippen LogP contribution in [0.2, 0.25) is 0 Å². The zero-order valence-corrected chi connectivity index (χ0v) is 9.83. The first kappa shape index (κ1) is 12.2. The van der Waals surface area contributed by atoms with Crippen molar-refractivity contribution in [3.63, 3.8) is 0 Å². The average Bonchev–Trinajstić information content (AvgIpc) is 2.92. The summed E-state index contributed by atoms with van der Waals surface area (Å²) >= 11 is 0. The van der Waals surface area contributed by atoms with Gasteiger partial charge in [-0.1, -0.05) is 0 Å². The van der Waals surface area contributed by atoms with Gasteiger partial charge in [-0.3, -0.25) is 9.59 Å². The average molecular weight is 247 g/mol. The van der Waals surface area contributed by atoms with E-state index in [0.717, 1.165) is 0 Å². The van der Waals surface area contributed by atoms with Crippen molar-refractivity contribution >= 4 is 11.8 Å². The second-order valence-corrected chi connectivity index (χ2v) is 3.97. The van der Waals surface area contributed by atoms with Gasteiger partial charge in [0.1, 0.15) is 0 Å². The van der Waals surface area contributed by atoms with Crippen LogP contribution >= 0.6 is 0 Å². The second-order valence-electron chi connectivity index (χ2n) is 3.97. The van der Waals surface area contributed by atoms with E-state index in [-0.39, 0.29) is 18.4 Å². The number of nitrogens with zero attached hydrogens (tertiary/aromatic N) is 3. The maximum absolute atomic E-state index is 11.9. The van der Waals surface area contributed by atoms with Crippen LogP contribution in [0.3, 0.4) is 0 Å². The maximum Gasteiger partial charge on any atom is 0.302 e. The van der Waals surface area contributed by atoms with E-state index in [0.29, 0.717) is 31.9 Å². The van der Waals surface area contributed by atoms with E-state index in [9.17, 15) is 9.59 Å². The molecule has 6 nitrogen and oxygen atoms in total. The number of rotatable bonds is 2. The van der Waals surface area contributed by atoms with E-state index < -0.39 is 0 Å². The number of furan rings is 1. The largest absolute Gasteiger partial charge is 0.459 e. The van der Waals surface area contributed by atoms with Crippen LogP contribution in [0.5, 0.6) is 0 Å². The van der Waals surface area contributed by atoms with Crippen LogP contribution in [0.25, 0.3) is 4.85 Å². The first-order valence-electron chi connectivity index (χ1n) is 5.66. The van der Waals surface area contributed by atoms with Gasteiger partial charge in [0, 0.05) is 26.2 Å². The van der Waals surface area contributed by atoms with Crippen molar-refractivity contribution in [2.75, 3.05) is 32.7 Å². The van der Waals surface area contributed by atoms with Crippen LogP contribution in [0.4, 0.5) is 0 Å². The third-order valence-corrected chi connectivity index (χ3v) is 2.87. The normalized spacial score (nSPS) is 15.3. The lowest BCUT2D eigenvalue weighted by Crippen LogP contribution is -2.51. The van der Waals surface area contributed by atoms with Gasteiger partial charge in [-0.2, -0.15) is 0 Å². The van der Waals surface area contributed by atoms with Gasteiger partial charge in [0.2, 0.25) is 0 Å². The molecule has 1 aliphatic rings. The summed E-state index contributed by atoms with van der Waals surface area (Å²) in [5.41, 5.74) is 0. The van der Waals surface area contributed by atoms with Gasteiger partial charge in [0.25, 0.3) is 12.5 Å². The van der Waals surface area contributed by atoms with Crippen molar-refractivity contribution < 1.29 is 14.0 Å². The second kappa shape index (κ2) is 5.36. The van der Waals surface area contributed by atoms with Crippen molar-refractivity contribution in [1.82, 2.24) is 9.80 Å². The van der Waals surface area contributed by atoms with Crippen LogP contribution in [0.15, 0.2) is 22.8 Å². The highest BCUT2D eigenvalue weighted by Gasteiger charge is 2.26. The Morgan fingerprint density at radius 1 is 1.28 bits per heavy atom. The molecule has 0 spiro atoms. The maximum atomic E-state index is 11.9. The Kier molecular flexibility index (Phi) is 3.63. The lowest BCUT2D eigenvalue weighted by atomic mass is 10.3. The molecule has 1 aromatic rings. The molecule has 1 saturated heterocycles. The molecule has 0 aliphatic carbocycles. The molecule has 0 saturated carbocycles. The van der Waals surface area contributed by atoms with E-state index >= 15 is 0 Å². The summed E-state index contributed by atoms with van der Waals surface area (Å²) in [5.74, 6) is -0.0108. The van der Waals surface area contributed by atoms with Crippen LogP contribution in [-0.2, 0) is 4.79 Å². The molecule has 2 amide bonds. The first-order valence-corrected chi connectivity index (χ1v) is 5.66. The summed E-state index contributed by atoms with van der Waals surface area (Å²) in [6, 6.07) is 3.29. The molecule has 0 N–H and O–H groups in total. The molecule has 2 rings (SSSR count). The van der Waals surface area contributed by atoms with Gasteiger partial charge < -0.3 is 19.1 Å². The quantitative estimate of drug-likeness (QED) is 0.714. The summed E-state index contributed by atoms with van der Waals surface area (Å²) in [6.45, 7) is 8.43. The minimum atomic E-state index is -0.171. The van der Waals surface area contributed by atoms with Crippen LogP contribution in [0.1, 0.15) is 10.6 Å². The molecule has 6 heteroatoms. The summed E-state index contributed by atoms with van der Waals surface area (Å²) in [5, 5.41) is 0. The fourth-order valence-corrected chi connectivity index (χ4v) is 1.88. The monoisotopic (exact) mass is 247 g/mol. The van der Waals surface area contributed by atoms with Crippen molar-refractivity contribution in [2.24, 2.45) is 0 Å². The topological polar surface area (TPSA) is 58.1 Å². The molecule has 1 fully saturated rings. The van der Waals surface area contributed by atoms with Crippen LogP contribution in [-0.4, -0.2) is 54.3 Å². The number of hydrogen-bond donors (Lipinski definition) is 0. The Morgan fingerprint density at radius 3 is 2.50 bits per heavy atom. The Balaban J connectivity index is 1.89. The van der Waals surface area contributed by atoms with Crippen LogP contribution in [0, 0.1) is 6.57 Å². The van der Waals surface area contributed by atoms with Gasteiger partial charge in [0.05, 0.1) is 6.26 Å². The van der Waals surface area contributed by atoms with E-state index in [4.69, 9.17) is 11.0 Å². The number of carbonyl (C=O) groups is 2. The fraction of sp³-hybridized carbons (Fsp3) is 0.417. The third kappa shape index (κ3) is 2.51. The Hall–Kier alpha value is -2.29. The third-order valence-electron chi connectivity index (χ3n) is 2.87. The molecule has 0 unspecified atom stereocenters. The fourth-order valence-electron chi connectivity index (χ4n) is 1.88. The van der Waals surface area contributed by atoms with Crippen molar-refractivity contribution in [1.29, 1.82) is 0 Å². The summed E-state index contributed by atoms with van der Waals surface area (Å²) in [7, 11) is 0. The minimum absolute atomic E-state index is 0.119. The van der Waals surface area contributed by atoms with E-state index in [1.165, 1.54) is 6.26 Å². The molecular weight excluding hydrogens is 234 g/mol. The van der Waals surface area contributed by atoms with Crippen LogP contribution < -0.4 is 0 Å². The SMILES string of the molecule is [C-]#[N+]CC(=O)N1CCN(C(=O)c2ccco2)CC1. The van der Waals surface area contributed by atoms with Gasteiger partial charge in [-0.05, 0) is 12.1 Å². The molecule has 0 atom stereocenters. The lowest BCUT2D eigenvalue weighted by Gasteiger charge is -2.33. The van der Waals surface area contributed by atoms with E-state index in [1.54, 1.807) is 21.9 Å². The molecule has 1 aromatic heterocycles. The highest BCUT2D eigenvalue weighted by molar-refractivity contribution is 5.91. The van der Waals surface area contributed by atoms with E-state index in [2.05, 4.69) is 4.85 Å². The number of hydrogen-bond acceptors (Lipinski definition) is 3. The molecule has 18 heavy (non-hydrogen) atoms. The summed E-state index contributed by atoms with van der Waals surface area (Å²) < 4.78 is 5.05. The van der Waals surface area contributed by atoms with E-state index in [1.807, 2.05) is 0 Å². The number of piperazine rings is 1. The van der Waals surface area contributed by atoms with Gasteiger partial charge in [-0.25, -0.2) is 6.57 Å². The smallest absolute Gasteiger partial charge is 0.302 e. The molecule has 2 heterocycles. The predicted octanol–water partition coefficient (Wildman–Crippen LogP) is 0.483. The standard InChI is InChI=1S/C12H13N3O3/c1-13-9-11(16)14-4-6-15(7-5-14)12(17)10-3-2-8-18-10/h2-3,8H,4-7,9H2. The number of carbonyl (C=O) groups excluding carboxylic acids is 2. The van der Waals surface area contributed by atoms with Gasteiger partial charge in [0.15, 0.2) is 5.76 Å². The minimum Gasteiger partial charge on any atom is -0.459 e. The van der Waals surface area contributed by atoms with Gasteiger partial charge in [-0.15, -0.1) is 0 Å². The molecule has 94 valence electrons. The zero-order valence-electron chi connectivity index (χ0n) is 9.83. The highest BCUT2D eigenvalue weighted by atomic mass is 16.3. The molecule has 0 bridgehead atoms. The Bertz CT molecular complexity index is 467. The Labute approximate surface area is 105 Å². The summed E-state index contributed by atoms with van der Waals surface area (Å²) in [4.78, 5) is 29.8. The lowest BCUT2D eigenvalue weighted by molar-refractivity contribution is -0.130. The summed E-state index contributed by atoms with van der Waals surface area (Å²) in [6.07, 6.45) is 1.46. The molecule has 1 aliphatic heterocycles. The van der Waals surface area contributed by atoms with Crippen molar-refractivity contribution in [3.05, 3.63) is 35.6 Å². The Morgan fingerprint density at radius 2 is 1.94 bits per heavy atom. The number of amides is 2. The first-order chi connectivity index (χ1) is 8.72.